The van der Waals surface area contributed by atoms with Gasteiger partial charge in [0.05, 0.1) is 19.8 Å². The average Bonchev–Trinajstić information content (AvgIpc) is 3.19. The van der Waals surface area contributed by atoms with Crippen molar-refractivity contribution in [1.82, 2.24) is 0 Å². The monoisotopic (exact) mass is 815 g/mol. The average molecular weight is 815 g/mol. The van der Waals surface area contributed by atoms with Crippen molar-refractivity contribution in [3.63, 3.8) is 0 Å². The van der Waals surface area contributed by atoms with Crippen LogP contribution in [0.5, 0.6) is 0 Å². The maximum Gasteiger partial charge on any atom is 0.305 e. The van der Waals surface area contributed by atoms with Crippen molar-refractivity contribution in [1.29, 1.82) is 0 Å². The minimum atomic E-state index is -0.797. The molecule has 0 rings (SSSR count). The SMILES string of the molecule is CCCCCCCCCCCCOC(=O)CCCCCCCCCCCCSP(OCCCCCCCCCCCC)OCCCCCCCCCCCC. The molecule has 0 bridgehead atoms. The number of unbranched alkanes of at least 4 members (excludes halogenated alkanes) is 36. The highest BCUT2D eigenvalue weighted by Crippen LogP contribution is 2.52. The van der Waals surface area contributed by atoms with Gasteiger partial charge in [-0.1, -0.05) is 257 Å². The van der Waals surface area contributed by atoms with Crippen molar-refractivity contribution >= 4 is 24.9 Å². The minimum Gasteiger partial charge on any atom is -0.466 e. The molecule has 0 aromatic rings. The molecule has 0 aromatic heterocycles. The molecule has 6 heteroatoms. The van der Waals surface area contributed by atoms with Crippen molar-refractivity contribution in [2.45, 2.75) is 284 Å². The van der Waals surface area contributed by atoms with E-state index in [1.165, 1.54) is 243 Å². The van der Waals surface area contributed by atoms with Gasteiger partial charge in [-0.05, 0) is 32.1 Å². The smallest absolute Gasteiger partial charge is 0.305 e. The van der Waals surface area contributed by atoms with Crippen LogP contribution in [0.2, 0.25) is 0 Å². The number of carbonyl (C=O) groups is 1. The number of ether oxygens (including phenoxy) is 1. The Bertz CT molecular complexity index is 684. The molecule has 0 heterocycles. The minimum absolute atomic E-state index is 0.0166. The van der Waals surface area contributed by atoms with E-state index >= 15 is 0 Å². The Morgan fingerprint density at radius 1 is 0.345 bits per heavy atom. The van der Waals surface area contributed by atoms with E-state index in [0.29, 0.717) is 13.0 Å². The fourth-order valence-electron chi connectivity index (χ4n) is 7.34. The number of esters is 1. The van der Waals surface area contributed by atoms with Crippen molar-refractivity contribution in [2.24, 2.45) is 0 Å². The molecule has 0 atom stereocenters. The molecule has 0 spiro atoms. The van der Waals surface area contributed by atoms with Gasteiger partial charge in [0, 0.05) is 12.2 Å². The molecule has 0 aromatic carbocycles. The van der Waals surface area contributed by atoms with E-state index in [9.17, 15) is 4.79 Å². The third kappa shape index (κ3) is 48.4. The molecular formula is C49H99O4PS. The van der Waals surface area contributed by atoms with Crippen molar-refractivity contribution in [3.05, 3.63) is 0 Å². The Kier molecular flexibility index (Phi) is 50.5. The largest absolute Gasteiger partial charge is 0.466 e. The number of hydrogen-bond acceptors (Lipinski definition) is 5. The van der Waals surface area contributed by atoms with Gasteiger partial charge in [0.2, 0.25) is 7.58 Å². The lowest BCUT2D eigenvalue weighted by molar-refractivity contribution is -0.143. The van der Waals surface area contributed by atoms with Gasteiger partial charge in [0.1, 0.15) is 0 Å². The van der Waals surface area contributed by atoms with E-state index in [4.69, 9.17) is 13.8 Å². The summed E-state index contributed by atoms with van der Waals surface area (Å²) in [5.74, 6) is 1.19. The van der Waals surface area contributed by atoms with Crippen molar-refractivity contribution < 1.29 is 18.6 Å². The molecule has 0 aliphatic heterocycles. The zero-order chi connectivity index (χ0) is 39.8. The van der Waals surface area contributed by atoms with E-state index < -0.39 is 7.58 Å². The number of hydrogen-bond donors (Lipinski definition) is 0. The van der Waals surface area contributed by atoms with E-state index in [1.807, 2.05) is 11.4 Å². The first-order valence-electron chi connectivity index (χ1n) is 25.1. The van der Waals surface area contributed by atoms with Crippen LogP contribution in [0, 0.1) is 0 Å². The molecule has 330 valence electrons. The summed E-state index contributed by atoms with van der Waals surface area (Å²) < 4.78 is 18.2. The van der Waals surface area contributed by atoms with Gasteiger partial charge in [-0.3, -0.25) is 4.79 Å². The summed E-state index contributed by atoms with van der Waals surface area (Å²) in [5.41, 5.74) is 0. The van der Waals surface area contributed by atoms with Crippen LogP contribution in [0.25, 0.3) is 0 Å². The van der Waals surface area contributed by atoms with Gasteiger partial charge in [-0.2, -0.15) is 0 Å². The van der Waals surface area contributed by atoms with Crippen molar-refractivity contribution in [2.75, 3.05) is 25.6 Å². The number of rotatable bonds is 49. The predicted octanol–water partition coefficient (Wildman–Crippen LogP) is 18.6. The molecule has 0 unspecified atom stereocenters. The van der Waals surface area contributed by atoms with Gasteiger partial charge in [-0.15, -0.1) is 0 Å². The lowest BCUT2D eigenvalue weighted by Gasteiger charge is -2.17. The predicted molar refractivity (Wildman–Crippen MR) is 249 cm³/mol. The first-order valence-corrected chi connectivity index (χ1v) is 27.9. The maximum atomic E-state index is 12.0. The summed E-state index contributed by atoms with van der Waals surface area (Å²) in [6.07, 6.45) is 53.8. The summed E-state index contributed by atoms with van der Waals surface area (Å²) in [5, 5.41) is 0. The first-order chi connectivity index (χ1) is 27.2. The number of carbonyl (C=O) groups excluding carboxylic acids is 1. The Hall–Kier alpha value is 0.170. The van der Waals surface area contributed by atoms with Crippen molar-refractivity contribution in [3.8, 4) is 0 Å². The summed E-state index contributed by atoms with van der Waals surface area (Å²) in [4.78, 5) is 12.0. The van der Waals surface area contributed by atoms with E-state index in [1.54, 1.807) is 0 Å². The van der Waals surface area contributed by atoms with Crippen LogP contribution in [-0.2, 0) is 18.6 Å². The third-order valence-corrected chi connectivity index (χ3v) is 14.4. The molecule has 55 heavy (non-hydrogen) atoms. The molecule has 0 amide bonds. The molecule has 0 radical (unpaired) electrons. The Labute approximate surface area is 351 Å². The van der Waals surface area contributed by atoms with E-state index in [-0.39, 0.29) is 5.97 Å². The van der Waals surface area contributed by atoms with Crippen LogP contribution >= 0.6 is 19.0 Å². The summed E-state index contributed by atoms with van der Waals surface area (Å²) in [7, 11) is -0.797. The normalized spacial score (nSPS) is 11.6. The molecule has 0 saturated heterocycles. The highest BCUT2D eigenvalue weighted by Gasteiger charge is 2.12. The summed E-state index contributed by atoms with van der Waals surface area (Å²) in [6, 6.07) is 0. The van der Waals surface area contributed by atoms with E-state index in [2.05, 4.69) is 20.8 Å². The standard InChI is InChI=1S/C49H99O4PS/c1-4-7-10-13-16-19-25-30-35-40-45-51-49(50)44-39-34-29-24-22-23-28-33-38-43-48-55-54(52-46-41-36-31-26-20-17-14-11-8-5-2)53-47-42-37-32-27-21-18-15-12-9-6-3/h4-48H2,1-3H3. The second-order valence-electron chi connectivity index (χ2n) is 16.8. The lowest BCUT2D eigenvalue weighted by Crippen LogP contribution is -2.05. The molecule has 0 aliphatic carbocycles. The Morgan fingerprint density at radius 3 is 0.964 bits per heavy atom. The quantitative estimate of drug-likeness (QED) is 0.0348. The fourth-order valence-corrected chi connectivity index (χ4v) is 10.3. The highest BCUT2D eigenvalue weighted by molar-refractivity contribution is 8.52. The Balaban J connectivity index is 3.81. The van der Waals surface area contributed by atoms with E-state index in [0.717, 1.165) is 32.5 Å². The van der Waals surface area contributed by atoms with Gasteiger partial charge in [0.25, 0.3) is 0 Å². The second kappa shape index (κ2) is 50.3. The van der Waals surface area contributed by atoms with Crippen LogP contribution in [0.1, 0.15) is 284 Å². The summed E-state index contributed by atoms with van der Waals surface area (Å²) in [6.45, 7) is 9.23. The summed E-state index contributed by atoms with van der Waals surface area (Å²) >= 11 is 1.96. The van der Waals surface area contributed by atoms with Gasteiger partial charge < -0.3 is 13.8 Å². The highest BCUT2D eigenvalue weighted by atomic mass is 32.7. The van der Waals surface area contributed by atoms with Crippen LogP contribution in [-0.4, -0.2) is 31.5 Å². The second-order valence-corrected chi connectivity index (χ2v) is 20.1. The maximum absolute atomic E-state index is 12.0. The van der Waals surface area contributed by atoms with Gasteiger partial charge in [0.15, 0.2) is 0 Å². The van der Waals surface area contributed by atoms with Crippen LogP contribution in [0.3, 0.4) is 0 Å². The van der Waals surface area contributed by atoms with Gasteiger partial charge >= 0.3 is 5.97 Å². The first kappa shape index (κ1) is 55.2. The molecule has 0 aliphatic rings. The molecular weight excluding hydrogens is 716 g/mol. The van der Waals surface area contributed by atoms with Crippen LogP contribution in [0.4, 0.5) is 0 Å². The zero-order valence-electron chi connectivity index (χ0n) is 37.8. The topological polar surface area (TPSA) is 44.8 Å². The molecule has 4 nitrogen and oxygen atoms in total. The molecule has 0 saturated carbocycles. The molecule has 0 fully saturated rings. The van der Waals surface area contributed by atoms with Crippen LogP contribution < -0.4 is 0 Å². The lowest BCUT2D eigenvalue weighted by atomic mass is 10.1. The molecule has 0 N–H and O–H groups in total. The fraction of sp³-hybridized carbons (Fsp3) is 0.980. The van der Waals surface area contributed by atoms with Crippen LogP contribution in [0.15, 0.2) is 0 Å². The Morgan fingerprint density at radius 2 is 0.618 bits per heavy atom. The van der Waals surface area contributed by atoms with Gasteiger partial charge in [-0.25, -0.2) is 0 Å². The zero-order valence-corrected chi connectivity index (χ0v) is 39.5. The third-order valence-electron chi connectivity index (χ3n) is 11.1.